The van der Waals surface area contributed by atoms with Crippen molar-refractivity contribution in [3.8, 4) is 0 Å². The third kappa shape index (κ3) is 1.70. The summed E-state index contributed by atoms with van der Waals surface area (Å²) in [6.07, 6.45) is 0.904. The second kappa shape index (κ2) is 3.35. The fraction of sp³-hybridized carbons (Fsp3) is 0.571. The van der Waals surface area contributed by atoms with Gasteiger partial charge in [-0.05, 0) is 13.8 Å². The molecule has 1 rings (SSSR count). The quantitative estimate of drug-likeness (QED) is 0.630. The van der Waals surface area contributed by atoms with Crippen LogP contribution in [0.4, 0.5) is 0 Å². The van der Waals surface area contributed by atoms with Crippen LogP contribution in [0.25, 0.3) is 0 Å². The third-order valence-corrected chi connectivity index (χ3v) is 2.70. The maximum atomic E-state index is 5.56. The predicted molar refractivity (Wildman–Crippen MR) is 46.0 cm³/mol. The van der Waals surface area contributed by atoms with E-state index >= 15 is 0 Å². The molecule has 1 nitrogen and oxygen atoms in total. The van der Waals surface area contributed by atoms with E-state index in [-0.39, 0.29) is 0 Å². The molecule has 0 saturated carbocycles. The van der Waals surface area contributed by atoms with Crippen LogP contribution in [0.1, 0.15) is 15.6 Å². The van der Waals surface area contributed by atoms with E-state index in [0.717, 1.165) is 17.1 Å². The van der Waals surface area contributed by atoms with Gasteiger partial charge in [-0.1, -0.05) is 0 Å². The molecular weight excluding hydrogens is 166 g/mol. The highest BCUT2D eigenvalue weighted by Crippen LogP contribution is 2.16. The van der Waals surface area contributed by atoms with Gasteiger partial charge in [-0.2, -0.15) is 0 Å². The van der Waals surface area contributed by atoms with Gasteiger partial charge in [-0.15, -0.1) is 22.9 Å². The van der Waals surface area contributed by atoms with Crippen molar-refractivity contribution >= 4 is 22.9 Å². The summed E-state index contributed by atoms with van der Waals surface area (Å²) in [6.45, 7) is 4.12. The van der Waals surface area contributed by atoms with Gasteiger partial charge < -0.3 is 0 Å². The molecule has 0 aliphatic carbocycles. The Morgan fingerprint density at radius 3 is 2.60 bits per heavy atom. The number of thiazole rings is 1. The Labute approximate surface area is 70.1 Å². The second-order valence-corrected chi connectivity index (χ2v) is 3.85. The van der Waals surface area contributed by atoms with Gasteiger partial charge in [-0.3, -0.25) is 0 Å². The lowest BCUT2D eigenvalue weighted by Gasteiger charge is -1.84. The lowest BCUT2D eigenvalue weighted by atomic mass is 10.4. The van der Waals surface area contributed by atoms with Crippen LogP contribution >= 0.6 is 22.9 Å². The summed E-state index contributed by atoms with van der Waals surface area (Å²) in [5.74, 6) is 0.673. The van der Waals surface area contributed by atoms with Gasteiger partial charge in [0.15, 0.2) is 0 Å². The third-order valence-electron chi connectivity index (χ3n) is 1.38. The number of hydrogen-bond acceptors (Lipinski definition) is 2. The first-order chi connectivity index (χ1) is 4.74. The number of aryl methyl sites for hydroxylation is 3. The first kappa shape index (κ1) is 8.02. The van der Waals surface area contributed by atoms with E-state index < -0.39 is 0 Å². The van der Waals surface area contributed by atoms with E-state index in [1.165, 1.54) is 4.88 Å². The smallest absolute Gasteiger partial charge is 0.0942 e. The molecule has 0 aliphatic heterocycles. The number of rotatable bonds is 2. The van der Waals surface area contributed by atoms with Crippen LogP contribution in [-0.4, -0.2) is 10.9 Å². The topological polar surface area (TPSA) is 12.9 Å². The molecule has 1 aromatic rings. The van der Waals surface area contributed by atoms with Crippen LogP contribution in [0.2, 0.25) is 0 Å². The van der Waals surface area contributed by atoms with Gasteiger partial charge in [0.2, 0.25) is 0 Å². The molecule has 0 radical (unpaired) electrons. The van der Waals surface area contributed by atoms with Gasteiger partial charge in [0.25, 0.3) is 0 Å². The molecule has 0 aromatic carbocycles. The highest BCUT2D eigenvalue weighted by atomic mass is 35.5. The summed E-state index contributed by atoms with van der Waals surface area (Å²) in [4.78, 5) is 5.64. The molecule has 10 heavy (non-hydrogen) atoms. The lowest BCUT2D eigenvalue weighted by Crippen LogP contribution is -1.83. The Morgan fingerprint density at radius 2 is 2.20 bits per heavy atom. The van der Waals surface area contributed by atoms with Crippen molar-refractivity contribution in [3.63, 3.8) is 0 Å². The van der Waals surface area contributed by atoms with Crippen molar-refractivity contribution in [1.29, 1.82) is 0 Å². The van der Waals surface area contributed by atoms with Crippen molar-refractivity contribution < 1.29 is 0 Å². The summed E-state index contributed by atoms with van der Waals surface area (Å²) in [6, 6.07) is 0. The zero-order valence-electron chi connectivity index (χ0n) is 6.15. The highest BCUT2D eigenvalue weighted by molar-refractivity contribution is 7.11. The number of aromatic nitrogens is 1. The first-order valence-electron chi connectivity index (χ1n) is 3.23. The van der Waals surface area contributed by atoms with Crippen molar-refractivity contribution in [2.75, 3.05) is 5.88 Å². The van der Waals surface area contributed by atoms with Gasteiger partial charge in [0.05, 0.1) is 10.7 Å². The van der Waals surface area contributed by atoms with Crippen molar-refractivity contribution in [1.82, 2.24) is 4.98 Å². The van der Waals surface area contributed by atoms with Gasteiger partial charge in [0, 0.05) is 17.2 Å². The Balaban J connectivity index is 2.77. The summed E-state index contributed by atoms with van der Waals surface area (Å²) in [7, 11) is 0. The molecule has 0 amide bonds. The zero-order chi connectivity index (χ0) is 7.56. The van der Waals surface area contributed by atoms with Crippen molar-refractivity contribution in [3.05, 3.63) is 15.6 Å². The Kier molecular flexibility index (Phi) is 2.69. The minimum Gasteiger partial charge on any atom is -0.246 e. The van der Waals surface area contributed by atoms with Crippen LogP contribution < -0.4 is 0 Å². The lowest BCUT2D eigenvalue weighted by molar-refractivity contribution is 1.07. The molecule has 1 heterocycles. The number of nitrogens with zero attached hydrogens (tertiary/aromatic N) is 1. The highest BCUT2D eigenvalue weighted by Gasteiger charge is 2.01. The Morgan fingerprint density at radius 1 is 1.50 bits per heavy atom. The Bertz CT molecular complexity index is 200. The van der Waals surface area contributed by atoms with Crippen LogP contribution in [0, 0.1) is 13.8 Å². The molecular formula is C7H10ClNS. The molecule has 0 bridgehead atoms. The van der Waals surface area contributed by atoms with Crippen LogP contribution in [-0.2, 0) is 6.42 Å². The van der Waals surface area contributed by atoms with Gasteiger partial charge in [0.1, 0.15) is 0 Å². The van der Waals surface area contributed by atoms with Crippen LogP contribution in [0.15, 0.2) is 0 Å². The van der Waals surface area contributed by atoms with E-state index in [0.29, 0.717) is 5.88 Å². The van der Waals surface area contributed by atoms with E-state index in [4.69, 9.17) is 11.6 Å². The fourth-order valence-electron chi connectivity index (χ4n) is 0.727. The maximum absolute atomic E-state index is 5.56. The van der Waals surface area contributed by atoms with Gasteiger partial charge >= 0.3 is 0 Å². The van der Waals surface area contributed by atoms with E-state index in [1.807, 2.05) is 6.92 Å². The van der Waals surface area contributed by atoms with Crippen LogP contribution in [0.5, 0.6) is 0 Å². The fourth-order valence-corrected chi connectivity index (χ4v) is 1.95. The molecule has 0 fully saturated rings. The molecule has 1 aromatic heterocycles. The molecule has 0 unspecified atom stereocenters. The number of alkyl halides is 1. The van der Waals surface area contributed by atoms with Crippen molar-refractivity contribution in [2.45, 2.75) is 20.3 Å². The summed E-state index contributed by atoms with van der Waals surface area (Å²) in [5.41, 5.74) is 1.14. The molecule has 3 heteroatoms. The summed E-state index contributed by atoms with van der Waals surface area (Å²) >= 11 is 7.31. The predicted octanol–water partition coefficient (Wildman–Crippen LogP) is 2.54. The normalized spacial score (nSPS) is 10.3. The van der Waals surface area contributed by atoms with Gasteiger partial charge in [-0.25, -0.2) is 4.98 Å². The number of halogens is 1. The molecule has 0 saturated heterocycles. The standard InChI is InChI=1S/C7H10ClNS/c1-5-6(2)10-7(9-5)3-4-8/h3-4H2,1-2H3. The van der Waals surface area contributed by atoms with E-state index in [1.54, 1.807) is 11.3 Å². The largest absolute Gasteiger partial charge is 0.246 e. The SMILES string of the molecule is Cc1nc(CCCl)sc1C. The zero-order valence-corrected chi connectivity index (χ0v) is 7.72. The second-order valence-electron chi connectivity index (χ2n) is 2.19. The first-order valence-corrected chi connectivity index (χ1v) is 4.58. The Hall–Kier alpha value is -0.0800. The number of hydrogen-bond donors (Lipinski definition) is 0. The minimum atomic E-state index is 0.673. The molecule has 0 aliphatic rings. The molecule has 56 valence electrons. The van der Waals surface area contributed by atoms with Crippen LogP contribution in [0.3, 0.4) is 0 Å². The molecule has 0 N–H and O–H groups in total. The molecule has 0 spiro atoms. The monoisotopic (exact) mass is 175 g/mol. The van der Waals surface area contributed by atoms with Crippen molar-refractivity contribution in [2.24, 2.45) is 0 Å². The maximum Gasteiger partial charge on any atom is 0.0942 e. The minimum absolute atomic E-state index is 0.673. The summed E-state index contributed by atoms with van der Waals surface area (Å²) < 4.78 is 0. The van der Waals surface area contributed by atoms with E-state index in [9.17, 15) is 0 Å². The average molecular weight is 176 g/mol. The summed E-state index contributed by atoms with van der Waals surface area (Å²) in [5, 5.41) is 1.16. The molecule has 0 atom stereocenters. The van der Waals surface area contributed by atoms with E-state index in [2.05, 4.69) is 11.9 Å². The average Bonchev–Trinajstić information content (AvgIpc) is 2.14.